The molecule has 0 fully saturated rings. The van der Waals surface area contributed by atoms with E-state index in [1.165, 1.54) is 16.3 Å². The van der Waals surface area contributed by atoms with Gasteiger partial charge in [-0.3, -0.25) is 14.2 Å². The van der Waals surface area contributed by atoms with Crippen LogP contribution in [0.1, 0.15) is 23.7 Å². The summed E-state index contributed by atoms with van der Waals surface area (Å²) in [5.41, 5.74) is 1.41. The number of rotatable bonds is 9. The summed E-state index contributed by atoms with van der Waals surface area (Å²) in [6, 6.07) is 13.6. The minimum absolute atomic E-state index is 0.0716. The van der Waals surface area contributed by atoms with Crippen LogP contribution in [0.4, 0.5) is 5.69 Å². The first-order chi connectivity index (χ1) is 15.0. The van der Waals surface area contributed by atoms with E-state index in [0.717, 1.165) is 6.42 Å². The van der Waals surface area contributed by atoms with E-state index in [4.69, 9.17) is 4.74 Å². The summed E-state index contributed by atoms with van der Waals surface area (Å²) in [4.78, 5) is 41.5. The number of thioether (sulfide) groups is 1. The van der Waals surface area contributed by atoms with Crippen LogP contribution in [0, 0.1) is 0 Å². The lowest BCUT2D eigenvalue weighted by Gasteiger charge is -2.11. The van der Waals surface area contributed by atoms with Crippen molar-refractivity contribution in [2.45, 2.75) is 25.0 Å². The number of nitrogens with zero attached hydrogens (tertiary/aromatic N) is 2. The highest BCUT2D eigenvalue weighted by molar-refractivity contribution is 7.99. The maximum Gasteiger partial charge on any atom is 0.338 e. The topological polar surface area (TPSA) is 90.3 Å². The fourth-order valence-corrected chi connectivity index (χ4v) is 3.65. The normalized spacial score (nSPS) is 10.6. The molecular weight excluding hydrogens is 414 g/mol. The molecule has 1 aromatic heterocycles. The Morgan fingerprint density at radius 1 is 1.19 bits per heavy atom. The summed E-state index contributed by atoms with van der Waals surface area (Å²) < 4.78 is 6.59. The number of anilines is 1. The smallest absolute Gasteiger partial charge is 0.338 e. The van der Waals surface area contributed by atoms with Gasteiger partial charge < -0.3 is 10.1 Å². The van der Waals surface area contributed by atoms with Gasteiger partial charge in [-0.25, -0.2) is 9.78 Å². The van der Waals surface area contributed by atoms with Crippen LogP contribution in [0.3, 0.4) is 0 Å². The fraction of sp³-hybridized carbons (Fsp3) is 0.217. The molecule has 0 atom stereocenters. The Labute approximate surface area is 184 Å². The van der Waals surface area contributed by atoms with Crippen LogP contribution in [0.5, 0.6) is 0 Å². The van der Waals surface area contributed by atoms with Crippen LogP contribution >= 0.6 is 11.8 Å². The largest absolute Gasteiger partial charge is 0.462 e. The highest BCUT2D eigenvalue weighted by Gasteiger charge is 2.13. The number of carbonyl (C=O) groups is 2. The quantitative estimate of drug-likeness (QED) is 0.236. The number of allylic oxidation sites excluding steroid dienone is 1. The van der Waals surface area contributed by atoms with E-state index in [1.807, 2.05) is 13.0 Å². The summed E-state index contributed by atoms with van der Waals surface area (Å²) in [6.45, 7) is 6.29. The summed E-state index contributed by atoms with van der Waals surface area (Å²) >= 11 is 1.18. The van der Waals surface area contributed by atoms with E-state index in [2.05, 4.69) is 16.9 Å². The van der Waals surface area contributed by atoms with E-state index in [1.54, 1.807) is 48.5 Å². The van der Waals surface area contributed by atoms with Crippen molar-refractivity contribution in [3.63, 3.8) is 0 Å². The molecule has 1 heterocycles. The predicted molar refractivity (Wildman–Crippen MR) is 123 cm³/mol. The van der Waals surface area contributed by atoms with E-state index in [9.17, 15) is 14.4 Å². The first-order valence-corrected chi connectivity index (χ1v) is 10.8. The molecule has 0 radical (unpaired) electrons. The summed E-state index contributed by atoms with van der Waals surface area (Å²) in [7, 11) is 0. The zero-order chi connectivity index (χ0) is 22.2. The average molecular weight is 438 g/mol. The molecule has 31 heavy (non-hydrogen) atoms. The van der Waals surface area contributed by atoms with Crippen molar-refractivity contribution < 1.29 is 14.3 Å². The third-order valence-corrected chi connectivity index (χ3v) is 5.29. The monoisotopic (exact) mass is 437 g/mol. The number of para-hydroxylation sites is 1. The lowest BCUT2D eigenvalue weighted by Crippen LogP contribution is -2.23. The number of esters is 1. The molecule has 0 saturated heterocycles. The lowest BCUT2D eigenvalue weighted by atomic mass is 10.2. The number of nitrogens with one attached hydrogen (secondary N) is 1. The van der Waals surface area contributed by atoms with Crippen molar-refractivity contribution in [3.05, 3.63) is 77.1 Å². The van der Waals surface area contributed by atoms with E-state index in [-0.39, 0.29) is 17.2 Å². The van der Waals surface area contributed by atoms with Crippen LogP contribution in [0.25, 0.3) is 10.9 Å². The van der Waals surface area contributed by atoms with E-state index in [0.29, 0.717) is 40.5 Å². The van der Waals surface area contributed by atoms with Crippen molar-refractivity contribution in [2.75, 3.05) is 17.7 Å². The number of fused-ring (bicyclic) bond motifs is 1. The minimum atomic E-state index is -0.391. The molecule has 3 rings (SSSR count). The Kier molecular flexibility index (Phi) is 7.61. The maximum absolute atomic E-state index is 12.8. The van der Waals surface area contributed by atoms with Gasteiger partial charge in [0.2, 0.25) is 5.91 Å². The van der Waals surface area contributed by atoms with Gasteiger partial charge >= 0.3 is 5.97 Å². The van der Waals surface area contributed by atoms with Crippen LogP contribution in [-0.2, 0) is 16.1 Å². The van der Waals surface area contributed by atoms with Crippen LogP contribution in [0.2, 0.25) is 0 Å². The molecule has 0 spiro atoms. The molecule has 8 heteroatoms. The summed E-state index contributed by atoms with van der Waals surface area (Å²) in [5.74, 6) is -0.570. The second-order valence-electron chi connectivity index (χ2n) is 6.67. The highest BCUT2D eigenvalue weighted by Crippen LogP contribution is 2.19. The molecule has 0 bridgehead atoms. The molecule has 7 nitrogen and oxygen atoms in total. The van der Waals surface area contributed by atoms with Crippen molar-refractivity contribution in [1.29, 1.82) is 0 Å². The van der Waals surface area contributed by atoms with Crippen molar-refractivity contribution in [1.82, 2.24) is 9.55 Å². The van der Waals surface area contributed by atoms with Crippen LogP contribution in [0.15, 0.2) is 71.1 Å². The van der Waals surface area contributed by atoms with E-state index >= 15 is 0 Å². The Morgan fingerprint density at radius 2 is 1.94 bits per heavy atom. The Bertz CT molecular complexity index is 1160. The number of benzene rings is 2. The summed E-state index contributed by atoms with van der Waals surface area (Å²) in [6.07, 6.45) is 2.37. The van der Waals surface area contributed by atoms with Crippen molar-refractivity contribution in [3.8, 4) is 0 Å². The van der Waals surface area contributed by atoms with Crippen LogP contribution in [-0.4, -0.2) is 33.8 Å². The molecule has 0 aliphatic rings. The molecule has 0 aliphatic heterocycles. The molecular formula is C23H23N3O4S. The summed E-state index contributed by atoms with van der Waals surface area (Å²) in [5, 5.41) is 3.75. The number of aromatic nitrogens is 2. The number of hydrogen-bond donors (Lipinski definition) is 1. The average Bonchev–Trinajstić information content (AvgIpc) is 2.78. The first kappa shape index (κ1) is 22.3. The van der Waals surface area contributed by atoms with Gasteiger partial charge in [0.05, 0.1) is 28.8 Å². The highest BCUT2D eigenvalue weighted by atomic mass is 32.2. The van der Waals surface area contributed by atoms with Crippen molar-refractivity contribution in [2.24, 2.45) is 0 Å². The predicted octanol–water partition coefficient (Wildman–Crippen LogP) is 3.88. The molecule has 0 unspecified atom stereocenters. The molecule has 0 aliphatic carbocycles. The number of amides is 1. The Hall–Kier alpha value is -3.39. The molecule has 0 saturated carbocycles. The zero-order valence-corrected chi connectivity index (χ0v) is 18.0. The second kappa shape index (κ2) is 10.6. The van der Waals surface area contributed by atoms with Gasteiger partial charge in [0.15, 0.2) is 5.16 Å². The number of ether oxygens (including phenoxy) is 1. The SMILES string of the molecule is C=CCn1c(SCC(=O)Nc2ccc(C(=O)OCCC)cc2)nc2ccccc2c1=O. The first-order valence-electron chi connectivity index (χ1n) is 9.83. The van der Waals surface area contributed by atoms with E-state index < -0.39 is 5.97 Å². The Balaban J connectivity index is 1.67. The molecule has 1 N–H and O–H groups in total. The third-order valence-electron chi connectivity index (χ3n) is 4.31. The van der Waals surface area contributed by atoms with Gasteiger partial charge in [0.25, 0.3) is 5.56 Å². The number of carbonyl (C=O) groups excluding carboxylic acids is 2. The van der Waals surface area contributed by atoms with Gasteiger partial charge in [-0.05, 0) is 42.8 Å². The standard InChI is InChI=1S/C23H23N3O4S/c1-3-13-26-21(28)18-7-5-6-8-19(18)25-23(26)31-15-20(27)24-17-11-9-16(10-12-17)22(29)30-14-4-2/h3,5-12H,1,4,13-15H2,2H3,(H,24,27). The Morgan fingerprint density at radius 3 is 2.65 bits per heavy atom. The van der Waals surface area contributed by atoms with Gasteiger partial charge in [0.1, 0.15) is 0 Å². The van der Waals surface area contributed by atoms with Crippen LogP contribution < -0.4 is 10.9 Å². The maximum atomic E-state index is 12.8. The number of hydrogen-bond acceptors (Lipinski definition) is 6. The molecule has 1 amide bonds. The zero-order valence-electron chi connectivity index (χ0n) is 17.2. The lowest BCUT2D eigenvalue weighted by molar-refractivity contribution is -0.113. The third kappa shape index (κ3) is 5.61. The van der Waals surface area contributed by atoms with Crippen molar-refractivity contribution >= 4 is 40.2 Å². The van der Waals surface area contributed by atoms with Gasteiger partial charge in [-0.1, -0.05) is 36.9 Å². The molecule has 3 aromatic rings. The molecule has 2 aromatic carbocycles. The minimum Gasteiger partial charge on any atom is -0.462 e. The van der Waals surface area contributed by atoms with Gasteiger partial charge in [0, 0.05) is 12.2 Å². The van der Waals surface area contributed by atoms with Gasteiger partial charge in [-0.15, -0.1) is 6.58 Å². The molecule has 160 valence electrons. The second-order valence-corrected chi connectivity index (χ2v) is 7.61. The fourth-order valence-electron chi connectivity index (χ4n) is 2.84. The van der Waals surface area contributed by atoms with Gasteiger partial charge in [-0.2, -0.15) is 0 Å².